The van der Waals surface area contributed by atoms with E-state index in [2.05, 4.69) is 20.6 Å². The molecule has 0 aliphatic carbocycles. The number of nitrogens with zero attached hydrogens (tertiary/aromatic N) is 2. The molecular weight excluding hydrogens is 452 g/mol. The highest BCUT2D eigenvalue weighted by molar-refractivity contribution is 5.97. The molecule has 1 aromatic heterocycles. The molecule has 186 valence electrons. The predicted octanol–water partition coefficient (Wildman–Crippen LogP) is -3.92. The molecule has 15 heteroatoms. The van der Waals surface area contributed by atoms with Gasteiger partial charge in [-0.2, -0.15) is 0 Å². The minimum absolute atomic E-state index is 0.0918. The molecule has 1 aliphatic rings. The van der Waals surface area contributed by atoms with E-state index in [0.29, 0.717) is 12.1 Å². The average Bonchev–Trinajstić information content (AvgIpc) is 3.43. The number of carboxylic acids is 1. The Labute approximate surface area is 193 Å². The summed E-state index contributed by atoms with van der Waals surface area (Å²) in [6.07, 6.45) is 2.44. The lowest BCUT2D eigenvalue weighted by Crippen LogP contribution is -2.57. The van der Waals surface area contributed by atoms with Crippen LogP contribution in [-0.2, 0) is 35.2 Å². The van der Waals surface area contributed by atoms with Crippen LogP contribution in [0.1, 0.15) is 31.4 Å². The van der Waals surface area contributed by atoms with Crippen molar-refractivity contribution in [3.05, 3.63) is 18.2 Å². The first-order chi connectivity index (χ1) is 16.0. The van der Waals surface area contributed by atoms with Crippen LogP contribution in [0.15, 0.2) is 12.5 Å². The molecule has 15 nitrogen and oxygen atoms in total. The number of likely N-dealkylation sites (tertiary alicyclic amines) is 1. The molecule has 1 aromatic rings. The maximum Gasteiger partial charge on any atom is 0.326 e. The van der Waals surface area contributed by atoms with Gasteiger partial charge < -0.3 is 42.8 Å². The third kappa shape index (κ3) is 7.26. The monoisotopic (exact) mass is 480 g/mol. The third-order valence-electron chi connectivity index (χ3n) is 5.21. The normalized spacial score (nSPS) is 17.9. The number of primary amides is 2. The van der Waals surface area contributed by atoms with Crippen LogP contribution in [0.2, 0.25) is 0 Å². The van der Waals surface area contributed by atoms with Crippen molar-refractivity contribution < 1.29 is 33.9 Å². The van der Waals surface area contributed by atoms with Crippen LogP contribution in [0.3, 0.4) is 0 Å². The molecule has 0 aromatic carbocycles. The molecule has 0 bridgehead atoms. The van der Waals surface area contributed by atoms with Crippen LogP contribution >= 0.6 is 0 Å². The van der Waals surface area contributed by atoms with E-state index in [-0.39, 0.29) is 19.4 Å². The van der Waals surface area contributed by atoms with E-state index in [1.807, 2.05) is 0 Å². The summed E-state index contributed by atoms with van der Waals surface area (Å²) in [7, 11) is 0. The van der Waals surface area contributed by atoms with Crippen molar-refractivity contribution in [1.29, 1.82) is 0 Å². The molecule has 2 heterocycles. The number of imidazole rings is 1. The molecule has 34 heavy (non-hydrogen) atoms. The van der Waals surface area contributed by atoms with E-state index in [1.54, 1.807) is 0 Å². The van der Waals surface area contributed by atoms with Gasteiger partial charge in [-0.25, -0.2) is 9.78 Å². The van der Waals surface area contributed by atoms with Crippen LogP contribution in [0.25, 0.3) is 0 Å². The van der Waals surface area contributed by atoms with Gasteiger partial charge in [0, 0.05) is 24.9 Å². The number of carboxylic acid groups (broad SMARTS) is 1. The predicted molar refractivity (Wildman–Crippen MR) is 114 cm³/mol. The fourth-order valence-electron chi connectivity index (χ4n) is 3.58. The number of amides is 5. The number of H-pyrrole nitrogens is 1. The van der Waals surface area contributed by atoms with Crippen molar-refractivity contribution in [2.24, 2.45) is 17.2 Å². The van der Waals surface area contributed by atoms with Crippen molar-refractivity contribution >= 4 is 35.5 Å². The molecule has 4 unspecified atom stereocenters. The van der Waals surface area contributed by atoms with E-state index in [0.717, 1.165) is 4.90 Å². The molecule has 0 radical (unpaired) electrons. The fourth-order valence-corrected chi connectivity index (χ4v) is 3.58. The zero-order valence-corrected chi connectivity index (χ0v) is 18.2. The first-order valence-electron chi connectivity index (χ1n) is 10.4. The molecular formula is C19H28N8O7. The van der Waals surface area contributed by atoms with Gasteiger partial charge in [0.15, 0.2) is 0 Å². The van der Waals surface area contributed by atoms with Gasteiger partial charge in [0.05, 0.1) is 25.2 Å². The number of hydrogen-bond donors (Lipinski definition) is 7. The highest BCUT2D eigenvalue weighted by Gasteiger charge is 2.39. The average molecular weight is 480 g/mol. The lowest BCUT2D eigenvalue weighted by molar-refractivity contribution is -0.146. The summed E-state index contributed by atoms with van der Waals surface area (Å²) >= 11 is 0. The molecule has 1 fully saturated rings. The Hall–Kier alpha value is -4.01. The second-order valence-electron chi connectivity index (χ2n) is 7.88. The molecule has 1 saturated heterocycles. The van der Waals surface area contributed by atoms with Gasteiger partial charge >= 0.3 is 5.97 Å². The van der Waals surface area contributed by atoms with Gasteiger partial charge in [-0.1, -0.05) is 0 Å². The highest BCUT2D eigenvalue weighted by atomic mass is 16.4. The number of rotatable bonds is 12. The summed E-state index contributed by atoms with van der Waals surface area (Å²) in [4.78, 5) is 80.0. The van der Waals surface area contributed by atoms with Gasteiger partial charge in [-0.05, 0) is 12.8 Å². The van der Waals surface area contributed by atoms with Gasteiger partial charge in [0.2, 0.25) is 29.5 Å². The second-order valence-corrected chi connectivity index (χ2v) is 7.88. The molecule has 4 atom stereocenters. The highest BCUT2D eigenvalue weighted by Crippen LogP contribution is 2.20. The Morgan fingerprint density at radius 2 is 1.76 bits per heavy atom. The zero-order chi connectivity index (χ0) is 25.4. The Bertz CT molecular complexity index is 935. The summed E-state index contributed by atoms with van der Waals surface area (Å²) in [6.45, 7) is 0.121. The number of hydrogen-bond acceptors (Lipinski definition) is 8. The van der Waals surface area contributed by atoms with Crippen molar-refractivity contribution in [2.75, 3.05) is 6.54 Å². The van der Waals surface area contributed by atoms with Gasteiger partial charge in [-0.15, -0.1) is 0 Å². The van der Waals surface area contributed by atoms with Crippen LogP contribution in [0, 0.1) is 0 Å². The standard InChI is InChI=1S/C19H28N8O7/c20-10(4-9-7-23-8-24-9)16(30)25-11(5-14(21)28)18(32)27-3-1-2-13(27)17(31)26-12(19(33)34)6-15(22)29/h7-8,10-13H,1-6,20H2,(H2,21,28)(H2,22,29)(H,23,24)(H,25,30)(H,26,31)(H,33,34). The molecule has 2 rings (SSSR count). The largest absolute Gasteiger partial charge is 0.480 e. The number of carbonyl (C=O) groups is 6. The Balaban J connectivity index is 2.10. The zero-order valence-electron chi connectivity index (χ0n) is 18.2. The fraction of sp³-hybridized carbons (Fsp3) is 0.526. The van der Waals surface area contributed by atoms with E-state index < -0.39 is 72.5 Å². The SMILES string of the molecule is NC(=O)CC(NC(=O)C1CCCN1C(=O)C(CC(N)=O)NC(=O)C(N)Cc1cnc[nH]1)C(=O)O. The number of carbonyl (C=O) groups excluding carboxylic acids is 5. The maximum absolute atomic E-state index is 13.1. The quantitative estimate of drug-likeness (QED) is 0.154. The summed E-state index contributed by atoms with van der Waals surface area (Å²) in [5, 5.41) is 13.8. The number of aromatic amines is 1. The smallest absolute Gasteiger partial charge is 0.326 e. The van der Waals surface area contributed by atoms with Crippen molar-refractivity contribution in [1.82, 2.24) is 25.5 Å². The van der Waals surface area contributed by atoms with Gasteiger partial charge in [0.1, 0.15) is 18.1 Å². The maximum atomic E-state index is 13.1. The van der Waals surface area contributed by atoms with Crippen LogP contribution in [0.5, 0.6) is 0 Å². The van der Waals surface area contributed by atoms with E-state index in [4.69, 9.17) is 17.2 Å². The third-order valence-corrected chi connectivity index (χ3v) is 5.21. The second kappa shape index (κ2) is 11.7. The lowest BCUT2D eigenvalue weighted by atomic mass is 10.1. The van der Waals surface area contributed by atoms with Crippen LogP contribution in [0.4, 0.5) is 0 Å². The topological polar surface area (TPSA) is 257 Å². The summed E-state index contributed by atoms with van der Waals surface area (Å²) in [5.74, 6) is -5.54. The molecule has 0 saturated carbocycles. The van der Waals surface area contributed by atoms with Crippen LogP contribution in [-0.4, -0.2) is 86.2 Å². The van der Waals surface area contributed by atoms with Gasteiger partial charge in [0.25, 0.3) is 0 Å². The summed E-state index contributed by atoms with van der Waals surface area (Å²) in [5.41, 5.74) is 16.7. The Kier molecular flexibility index (Phi) is 9.06. The molecule has 10 N–H and O–H groups in total. The first-order valence-corrected chi connectivity index (χ1v) is 10.4. The summed E-state index contributed by atoms with van der Waals surface area (Å²) in [6, 6.07) is -5.09. The Morgan fingerprint density at radius 1 is 1.12 bits per heavy atom. The summed E-state index contributed by atoms with van der Waals surface area (Å²) < 4.78 is 0. The lowest BCUT2D eigenvalue weighted by Gasteiger charge is -2.29. The first kappa shape index (κ1) is 26.2. The number of nitrogens with two attached hydrogens (primary N) is 3. The van der Waals surface area contributed by atoms with Crippen molar-refractivity contribution in [3.8, 4) is 0 Å². The van der Waals surface area contributed by atoms with Crippen LogP contribution < -0.4 is 27.8 Å². The van der Waals surface area contributed by atoms with Gasteiger partial charge in [-0.3, -0.25) is 24.0 Å². The minimum atomic E-state index is -1.57. The minimum Gasteiger partial charge on any atom is -0.480 e. The van der Waals surface area contributed by atoms with Crippen molar-refractivity contribution in [2.45, 2.75) is 56.3 Å². The number of aliphatic carboxylic acids is 1. The number of aromatic nitrogens is 2. The van der Waals surface area contributed by atoms with E-state index in [1.165, 1.54) is 12.5 Å². The molecule has 5 amide bonds. The molecule has 1 aliphatic heterocycles. The number of nitrogens with one attached hydrogen (secondary N) is 3. The van der Waals surface area contributed by atoms with E-state index >= 15 is 0 Å². The Morgan fingerprint density at radius 3 is 2.32 bits per heavy atom. The van der Waals surface area contributed by atoms with Crippen molar-refractivity contribution in [3.63, 3.8) is 0 Å². The van der Waals surface area contributed by atoms with E-state index in [9.17, 15) is 33.9 Å². The molecule has 0 spiro atoms.